The van der Waals surface area contributed by atoms with Crippen LogP contribution in [-0.2, 0) is 0 Å². The minimum Gasteiger partial charge on any atom is -0.293 e. The van der Waals surface area contributed by atoms with Crippen molar-refractivity contribution in [2.24, 2.45) is 4.99 Å². The van der Waals surface area contributed by atoms with E-state index in [1.165, 1.54) is 0 Å². The first-order valence-corrected chi connectivity index (χ1v) is 3.03. The van der Waals surface area contributed by atoms with E-state index >= 15 is 0 Å². The minimum atomic E-state index is 0.879. The molecule has 0 fully saturated rings. The molecular formula is C8H15N. The van der Waals surface area contributed by atoms with E-state index in [9.17, 15) is 0 Å². The summed E-state index contributed by atoms with van der Waals surface area (Å²) >= 11 is 0. The van der Waals surface area contributed by atoms with Crippen LogP contribution < -0.4 is 0 Å². The van der Waals surface area contributed by atoms with Crippen LogP contribution in [0.15, 0.2) is 30.3 Å². The molecule has 0 aliphatic carbocycles. The van der Waals surface area contributed by atoms with Gasteiger partial charge in [0.25, 0.3) is 0 Å². The molecule has 0 saturated carbocycles. The predicted octanol–water partition coefficient (Wildman–Crippen LogP) is 2.46. The molecule has 0 radical (unpaired) electrons. The van der Waals surface area contributed by atoms with Crippen molar-refractivity contribution in [2.75, 3.05) is 6.54 Å². The second-order valence-electron chi connectivity index (χ2n) is 1.17. The molecule has 0 aromatic carbocycles. The van der Waals surface area contributed by atoms with Gasteiger partial charge in [-0.25, -0.2) is 0 Å². The second kappa shape index (κ2) is 15.7. The molecule has 0 unspecified atom stereocenters. The quantitative estimate of drug-likeness (QED) is 0.397. The van der Waals surface area contributed by atoms with E-state index in [4.69, 9.17) is 0 Å². The fourth-order valence-corrected chi connectivity index (χ4v) is 0.252. The topological polar surface area (TPSA) is 12.4 Å². The van der Waals surface area contributed by atoms with Crippen molar-refractivity contribution in [3.8, 4) is 0 Å². The third-order valence-electron chi connectivity index (χ3n) is 0.566. The molecule has 0 aromatic rings. The molecule has 0 aliphatic rings. The van der Waals surface area contributed by atoms with Crippen LogP contribution in [0.5, 0.6) is 0 Å². The number of hydrogen-bond donors (Lipinski definition) is 0. The van der Waals surface area contributed by atoms with E-state index < -0.39 is 0 Å². The van der Waals surface area contributed by atoms with Crippen LogP contribution in [-0.4, -0.2) is 12.8 Å². The molecule has 0 heterocycles. The van der Waals surface area contributed by atoms with Gasteiger partial charge in [-0.05, 0) is 19.9 Å². The summed E-state index contributed by atoms with van der Waals surface area (Å²) in [6.45, 7) is 10.9. The Kier molecular flexibility index (Phi) is 19.2. The Bertz CT molecular complexity index is 82.6. The Morgan fingerprint density at radius 1 is 1.44 bits per heavy atom. The molecule has 0 rings (SSSR count). The van der Waals surface area contributed by atoms with Crippen molar-refractivity contribution in [3.63, 3.8) is 0 Å². The van der Waals surface area contributed by atoms with E-state index in [0.29, 0.717) is 0 Å². The Labute approximate surface area is 57.8 Å². The molecule has 0 spiro atoms. The first-order chi connectivity index (χ1) is 4.41. The zero-order valence-corrected chi connectivity index (χ0v) is 6.30. The van der Waals surface area contributed by atoms with Gasteiger partial charge >= 0.3 is 0 Å². The van der Waals surface area contributed by atoms with Gasteiger partial charge in [0, 0.05) is 12.8 Å². The molecule has 0 N–H and O–H groups in total. The van der Waals surface area contributed by atoms with Crippen LogP contribution in [0.25, 0.3) is 0 Å². The van der Waals surface area contributed by atoms with Crippen molar-refractivity contribution in [1.29, 1.82) is 0 Å². The summed E-state index contributed by atoms with van der Waals surface area (Å²) in [4.78, 5) is 3.95. The van der Waals surface area contributed by atoms with Crippen LogP contribution >= 0.6 is 0 Å². The van der Waals surface area contributed by atoms with E-state index in [1.54, 1.807) is 6.21 Å². The molecule has 9 heavy (non-hydrogen) atoms. The number of nitrogens with zero attached hydrogens (tertiary/aromatic N) is 1. The molecular weight excluding hydrogens is 110 g/mol. The number of rotatable bonds is 2. The first kappa shape index (κ1) is 11.0. The van der Waals surface area contributed by atoms with E-state index in [-0.39, 0.29) is 0 Å². The van der Waals surface area contributed by atoms with Crippen LogP contribution in [0, 0.1) is 0 Å². The Hall–Kier alpha value is -0.850. The normalized spacial score (nSPS) is 9.56. The number of hydrogen-bond acceptors (Lipinski definition) is 1. The third kappa shape index (κ3) is 19.1. The largest absolute Gasteiger partial charge is 0.293 e. The predicted molar refractivity (Wildman–Crippen MR) is 45.1 cm³/mol. The Balaban J connectivity index is 0. The van der Waals surface area contributed by atoms with Gasteiger partial charge in [0.15, 0.2) is 0 Å². The van der Waals surface area contributed by atoms with Crippen molar-refractivity contribution < 1.29 is 0 Å². The molecule has 0 atom stereocenters. The van der Waals surface area contributed by atoms with Crippen molar-refractivity contribution in [3.05, 3.63) is 25.3 Å². The monoisotopic (exact) mass is 125 g/mol. The highest BCUT2D eigenvalue weighted by Gasteiger charge is 1.57. The van der Waals surface area contributed by atoms with Crippen LogP contribution in [0.3, 0.4) is 0 Å². The summed E-state index contributed by atoms with van der Waals surface area (Å²) in [7, 11) is 0. The maximum atomic E-state index is 3.95. The van der Waals surface area contributed by atoms with Crippen LogP contribution in [0.1, 0.15) is 13.8 Å². The van der Waals surface area contributed by atoms with Crippen LogP contribution in [0.2, 0.25) is 0 Å². The molecule has 0 aliphatic heterocycles. The molecule has 52 valence electrons. The first-order valence-electron chi connectivity index (χ1n) is 3.03. The highest BCUT2D eigenvalue weighted by atomic mass is 14.7. The van der Waals surface area contributed by atoms with Crippen LogP contribution in [0.4, 0.5) is 0 Å². The molecule has 0 saturated heterocycles. The van der Waals surface area contributed by atoms with Gasteiger partial charge < -0.3 is 0 Å². The van der Waals surface area contributed by atoms with Crippen molar-refractivity contribution in [2.45, 2.75) is 13.8 Å². The fourth-order valence-electron chi connectivity index (χ4n) is 0.252. The van der Waals surface area contributed by atoms with E-state index in [2.05, 4.69) is 18.2 Å². The summed E-state index contributed by atoms with van der Waals surface area (Å²) in [5.41, 5.74) is 0. The lowest BCUT2D eigenvalue weighted by atomic mass is 10.6. The number of allylic oxidation sites excluding steroid dienone is 2. The third-order valence-corrected chi connectivity index (χ3v) is 0.566. The van der Waals surface area contributed by atoms with Gasteiger partial charge in [-0.3, -0.25) is 4.99 Å². The maximum Gasteiger partial charge on any atom is 0.0360 e. The molecule has 0 bridgehead atoms. The smallest absolute Gasteiger partial charge is 0.0360 e. The maximum absolute atomic E-state index is 3.95. The van der Waals surface area contributed by atoms with Gasteiger partial charge in [-0.15, -0.1) is 13.2 Å². The summed E-state index contributed by atoms with van der Waals surface area (Å²) in [6.07, 6.45) is 5.68. The highest BCUT2D eigenvalue weighted by molar-refractivity contribution is 5.70. The summed E-state index contributed by atoms with van der Waals surface area (Å²) < 4.78 is 0. The summed E-state index contributed by atoms with van der Waals surface area (Å²) in [5, 5.41) is 0. The van der Waals surface area contributed by atoms with Crippen molar-refractivity contribution in [1.82, 2.24) is 0 Å². The zero-order valence-electron chi connectivity index (χ0n) is 6.30. The van der Waals surface area contributed by atoms with E-state index in [1.807, 2.05) is 26.0 Å². The zero-order chi connectivity index (χ0) is 7.54. The average molecular weight is 125 g/mol. The minimum absolute atomic E-state index is 0.879. The van der Waals surface area contributed by atoms with E-state index in [0.717, 1.165) is 6.54 Å². The van der Waals surface area contributed by atoms with Crippen molar-refractivity contribution >= 4 is 6.21 Å². The molecule has 1 heteroatoms. The molecule has 0 amide bonds. The second-order valence-corrected chi connectivity index (χ2v) is 1.17. The standard InChI is InChI=1S/C6H11N.C2H4/c1-3-5-6-7-4-2;1-2/h3,5-6H,4H2,1-2H3;1-2H2/b5-3-,7-6?;. The summed E-state index contributed by atoms with van der Waals surface area (Å²) in [6, 6.07) is 0. The average Bonchev–Trinajstić information content (AvgIpc) is 1.94. The summed E-state index contributed by atoms with van der Waals surface area (Å²) in [5.74, 6) is 0. The molecule has 0 aromatic heterocycles. The van der Waals surface area contributed by atoms with Gasteiger partial charge in [-0.1, -0.05) is 6.08 Å². The van der Waals surface area contributed by atoms with Gasteiger partial charge in [0.2, 0.25) is 0 Å². The molecule has 1 nitrogen and oxygen atoms in total. The lowest BCUT2D eigenvalue weighted by Gasteiger charge is -1.72. The lowest BCUT2D eigenvalue weighted by molar-refractivity contribution is 1.14. The SMILES string of the molecule is C/C=C\C=NCC.C=C. The fraction of sp³-hybridized carbons (Fsp3) is 0.375. The Morgan fingerprint density at radius 2 is 2.00 bits per heavy atom. The Morgan fingerprint density at radius 3 is 2.33 bits per heavy atom. The lowest BCUT2D eigenvalue weighted by Crippen LogP contribution is -1.66. The van der Waals surface area contributed by atoms with Gasteiger partial charge in [0.1, 0.15) is 0 Å². The van der Waals surface area contributed by atoms with Gasteiger partial charge in [-0.2, -0.15) is 0 Å². The number of aliphatic imine (C=N–C) groups is 1. The highest BCUT2D eigenvalue weighted by Crippen LogP contribution is 1.65. The van der Waals surface area contributed by atoms with Gasteiger partial charge in [0.05, 0.1) is 0 Å².